The van der Waals surface area contributed by atoms with E-state index in [4.69, 9.17) is 4.74 Å². The van der Waals surface area contributed by atoms with Crippen LogP contribution in [0.2, 0.25) is 0 Å². The van der Waals surface area contributed by atoms with Gasteiger partial charge < -0.3 is 15.0 Å². The summed E-state index contributed by atoms with van der Waals surface area (Å²) in [6.07, 6.45) is 4.18. The fourth-order valence-corrected chi connectivity index (χ4v) is 2.78. The Hall–Kier alpha value is -2.04. The molecule has 5 nitrogen and oxygen atoms in total. The van der Waals surface area contributed by atoms with E-state index in [0.717, 1.165) is 31.2 Å². The number of benzene rings is 1. The van der Waals surface area contributed by atoms with Gasteiger partial charge in [-0.3, -0.25) is 9.59 Å². The van der Waals surface area contributed by atoms with Gasteiger partial charge in [-0.05, 0) is 38.3 Å². The highest BCUT2D eigenvalue weighted by molar-refractivity contribution is 5.78. The second kappa shape index (κ2) is 9.30. The third-order valence-electron chi connectivity index (χ3n) is 4.35. The molecule has 1 aromatic carbocycles. The molecule has 1 fully saturated rings. The predicted octanol–water partition coefficient (Wildman–Crippen LogP) is 2.67. The predicted molar refractivity (Wildman–Crippen MR) is 93.9 cm³/mol. The smallest absolute Gasteiger partial charge is 0.260 e. The first-order valence-corrected chi connectivity index (χ1v) is 8.85. The fraction of sp³-hybridized carbons (Fsp3) is 0.579. The zero-order valence-corrected chi connectivity index (χ0v) is 14.7. The number of hydrogen-bond acceptors (Lipinski definition) is 3. The summed E-state index contributed by atoms with van der Waals surface area (Å²) in [6.45, 7) is 5.51. The maximum atomic E-state index is 12.2. The Morgan fingerprint density at radius 3 is 2.50 bits per heavy atom. The first kappa shape index (κ1) is 18.3. The molecule has 132 valence electrons. The van der Waals surface area contributed by atoms with Crippen LogP contribution in [-0.4, -0.2) is 42.5 Å². The minimum atomic E-state index is 0.00587. The summed E-state index contributed by atoms with van der Waals surface area (Å²) in [6, 6.07) is 7.87. The summed E-state index contributed by atoms with van der Waals surface area (Å²) >= 11 is 0. The van der Waals surface area contributed by atoms with Gasteiger partial charge in [-0.2, -0.15) is 0 Å². The monoisotopic (exact) mass is 332 g/mol. The number of carbonyl (C=O) groups excluding carboxylic acids is 2. The summed E-state index contributed by atoms with van der Waals surface area (Å²) < 4.78 is 5.55. The standard InChI is InChI=1S/C19H28N2O3/c1-3-4-5-18(22)20-16-10-12-21(13-11-16)19(23)14-24-17-8-6-15(2)7-9-17/h6-9,16H,3-5,10-14H2,1-2H3,(H,20,22). The van der Waals surface area contributed by atoms with Crippen LogP contribution >= 0.6 is 0 Å². The van der Waals surface area contributed by atoms with E-state index in [1.807, 2.05) is 36.1 Å². The van der Waals surface area contributed by atoms with Crippen molar-refractivity contribution in [3.8, 4) is 5.75 Å². The average Bonchev–Trinajstić information content (AvgIpc) is 2.60. The van der Waals surface area contributed by atoms with E-state index in [9.17, 15) is 9.59 Å². The Morgan fingerprint density at radius 2 is 1.88 bits per heavy atom. The highest BCUT2D eigenvalue weighted by Gasteiger charge is 2.23. The molecule has 0 spiro atoms. The molecule has 2 amide bonds. The Kier molecular flexibility index (Phi) is 7.09. The van der Waals surface area contributed by atoms with Crippen molar-refractivity contribution in [2.45, 2.75) is 52.0 Å². The highest BCUT2D eigenvalue weighted by Crippen LogP contribution is 2.14. The molecule has 1 aliphatic heterocycles. The summed E-state index contributed by atoms with van der Waals surface area (Å²) in [4.78, 5) is 25.8. The molecule has 0 bridgehead atoms. The highest BCUT2D eigenvalue weighted by atomic mass is 16.5. The van der Waals surface area contributed by atoms with Gasteiger partial charge in [0.2, 0.25) is 5.91 Å². The molecule has 24 heavy (non-hydrogen) atoms. The van der Waals surface area contributed by atoms with E-state index in [1.165, 1.54) is 0 Å². The van der Waals surface area contributed by atoms with Crippen LogP contribution in [0, 0.1) is 6.92 Å². The van der Waals surface area contributed by atoms with Crippen LogP contribution in [0.25, 0.3) is 0 Å². The van der Waals surface area contributed by atoms with E-state index < -0.39 is 0 Å². The van der Waals surface area contributed by atoms with Gasteiger partial charge in [-0.1, -0.05) is 31.0 Å². The summed E-state index contributed by atoms with van der Waals surface area (Å²) in [5.41, 5.74) is 1.16. The van der Waals surface area contributed by atoms with E-state index in [-0.39, 0.29) is 24.5 Å². The minimum Gasteiger partial charge on any atom is -0.484 e. The molecular formula is C19H28N2O3. The Labute approximate surface area is 144 Å². The van der Waals surface area contributed by atoms with Crippen molar-refractivity contribution in [3.05, 3.63) is 29.8 Å². The van der Waals surface area contributed by atoms with Crippen LogP contribution in [0.3, 0.4) is 0 Å². The van der Waals surface area contributed by atoms with Crippen molar-refractivity contribution < 1.29 is 14.3 Å². The molecule has 2 rings (SSSR count). The van der Waals surface area contributed by atoms with E-state index in [0.29, 0.717) is 25.3 Å². The molecule has 0 aromatic heterocycles. The number of hydrogen-bond donors (Lipinski definition) is 1. The number of amides is 2. The van der Waals surface area contributed by atoms with E-state index in [2.05, 4.69) is 12.2 Å². The van der Waals surface area contributed by atoms with Crippen molar-refractivity contribution in [2.75, 3.05) is 19.7 Å². The molecule has 1 aromatic rings. The quantitative estimate of drug-likeness (QED) is 0.835. The Morgan fingerprint density at radius 1 is 1.21 bits per heavy atom. The lowest BCUT2D eigenvalue weighted by molar-refractivity contribution is -0.134. The van der Waals surface area contributed by atoms with Gasteiger partial charge >= 0.3 is 0 Å². The van der Waals surface area contributed by atoms with Gasteiger partial charge in [-0.25, -0.2) is 0 Å². The Balaban J connectivity index is 1.68. The van der Waals surface area contributed by atoms with Crippen molar-refractivity contribution >= 4 is 11.8 Å². The molecule has 1 aliphatic rings. The van der Waals surface area contributed by atoms with Crippen LogP contribution in [0.5, 0.6) is 5.75 Å². The van der Waals surface area contributed by atoms with Gasteiger partial charge in [0.25, 0.3) is 5.91 Å². The second-order valence-electron chi connectivity index (χ2n) is 6.43. The first-order valence-electron chi connectivity index (χ1n) is 8.85. The third kappa shape index (κ3) is 5.87. The summed E-state index contributed by atoms with van der Waals surface area (Å²) in [7, 11) is 0. The minimum absolute atomic E-state index is 0.00587. The van der Waals surface area contributed by atoms with Crippen molar-refractivity contribution in [1.82, 2.24) is 10.2 Å². The van der Waals surface area contributed by atoms with Crippen molar-refractivity contribution in [3.63, 3.8) is 0 Å². The van der Waals surface area contributed by atoms with Gasteiger partial charge in [0.15, 0.2) is 6.61 Å². The number of likely N-dealkylation sites (tertiary alicyclic amines) is 1. The van der Waals surface area contributed by atoms with Crippen LogP contribution in [0.1, 0.15) is 44.6 Å². The Bertz CT molecular complexity index is 534. The number of unbranched alkanes of at least 4 members (excludes halogenated alkanes) is 1. The number of nitrogens with one attached hydrogen (secondary N) is 1. The zero-order valence-electron chi connectivity index (χ0n) is 14.7. The summed E-state index contributed by atoms with van der Waals surface area (Å²) in [5, 5.41) is 3.07. The lowest BCUT2D eigenvalue weighted by Gasteiger charge is -2.32. The van der Waals surface area contributed by atoms with Gasteiger partial charge in [0.05, 0.1) is 0 Å². The van der Waals surface area contributed by atoms with Crippen LogP contribution in [0.4, 0.5) is 0 Å². The number of aryl methyl sites for hydroxylation is 1. The molecular weight excluding hydrogens is 304 g/mol. The van der Waals surface area contributed by atoms with Crippen LogP contribution < -0.4 is 10.1 Å². The van der Waals surface area contributed by atoms with Gasteiger partial charge in [0, 0.05) is 25.6 Å². The molecule has 0 saturated carbocycles. The van der Waals surface area contributed by atoms with Crippen LogP contribution in [-0.2, 0) is 9.59 Å². The lowest BCUT2D eigenvalue weighted by Crippen LogP contribution is -2.47. The molecule has 0 aliphatic carbocycles. The number of ether oxygens (including phenoxy) is 1. The van der Waals surface area contributed by atoms with E-state index in [1.54, 1.807) is 0 Å². The first-order chi connectivity index (χ1) is 11.6. The molecule has 0 radical (unpaired) electrons. The normalized spacial score (nSPS) is 15.2. The topological polar surface area (TPSA) is 58.6 Å². The summed E-state index contributed by atoms with van der Waals surface area (Å²) in [5.74, 6) is 0.850. The average molecular weight is 332 g/mol. The third-order valence-corrected chi connectivity index (χ3v) is 4.35. The zero-order chi connectivity index (χ0) is 17.4. The molecule has 0 unspecified atom stereocenters. The number of piperidine rings is 1. The van der Waals surface area contributed by atoms with Crippen molar-refractivity contribution in [1.29, 1.82) is 0 Å². The van der Waals surface area contributed by atoms with Crippen LogP contribution in [0.15, 0.2) is 24.3 Å². The molecule has 1 heterocycles. The van der Waals surface area contributed by atoms with E-state index >= 15 is 0 Å². The SMILES string of the molecule is CCCCC(=O)NC1CCN(C(=O)COc2ccc(C)cc2)CC1. The maximum absolute atomic E-state index is 12.2. The second-order valence-corrected chi connectivity index (χ2v) is 6.43. The lowest BCUT2D eigenvalue weighted by atomic mass is 10.0. The number of rotatable bonds is 7. The van der Waals surface area contributed by atoms with Crippen molar-refractivity contribution in [2.24, 2.45) is 0 Å². The van der Waals surface area contributed by atoms with Gasteiger partial charge in [-0.15, -0.1) is 0 Å². The number of nitrogens with zero attached hydrogens (tertiary/aromatic N) is 1. The largest absolute Gasteiger partial charge is 0.484 e. The molecule has 1 N–H and O–H groups in total. The molecule has 5 heteroatoms. The maximum Gasteiger partial charge on any atom is 0.260 e. The molecule has 1 saturated heterocycles. The number of carbonyl (C=O) groups is 2. The van der Waals surface area contributed by atoms with Gasteiger partial charge in [0.1, 0.15) is 5.75 Å². The fourth-order valence-electron chi connectivity index (χ4n) is 2.78. The molecule has 0 atom stereocenters.